The Hall–Kier alpha value is -3.04. The van der Waals surface area contributed by atoms with Crippen molar-refractivity contribution < 1.29 is 23.9 Å². The second kappa shape index (κ2) is 11.6. The van der Waals surface area contributed by atoms with Gasteiger partial charge in [-0.05, 0) is 82.5 Å². The van der Waals surface area contributed by atoms with E-state index in [1.54, 1.807) is 24.3 Å². The second-order valence-corrected chi connectivity index (χ2v) is 9.84. The fraction of sp³-hybridized carbons (Fsp3) is 0.115. The van der Waals surface area contributed by atoms with Gasteiger partial charge in [0, 0.05) is 5.02 Å². The Bertz CT molecular complexity index is 1440. The minimum atomic E-state index is -0.897. The van der Waals surface area contributed by atoms with Crippen LogP contribution in [0.15, 0.2) is 64.6 Å². The monoisotopic (exact) mass is 622 g/mol. The van der Waals surface area contributed by atoms with Crippen LogP contribution in [0.3, 0.4) is 0 Å². The zero-order valence-corrected chi connectivity index (χ0v) is 23.0. The standard InChI is InChI=1S/C26H18BrCl3N2O5/c1-2-36-22-11-15(10-19(27)23(22)37-13-14-4-3-5-16(28)8-14)9-18-24(33)31-26(35)32(25(18)34)17-6-7-20(29)21(30)12-17/h3-12H,2,13H2,1H3,(H,31,33,35)/b18-9+. The number of anilines is 1. The molecule has 0 unspecified atom stereocenters. The van der Waals surface area contributed by atoms with Crippen molar-refractivity contribution in [2.24, 2.45) is 0 Å². The summed E-state index contributed by atoms with van der Waals surface area (Å²) >= 11 is 21.5. The van der Waals surface area contributed by atoms with E-state index in [2.05, 4.69) is 21.2 Å². The highest BCUT2D eigenvalue weighted by Gasteiger charge is 2.37. The number of benzene rings is 3. The quantitative estimate of drug-likeness (QED) is 0.225. The zero-order chi connectivity index (χ0) is 26.7. The SMILES string of the molecule is CCOc1cc(/C=C2\C(=O)NC(=O)N(c3ccc(Cl)c(Cl)c3)C2=O)cc(Br)c1OCc1cccc(Cl)c1. The molecule has 0 spiro atoms. The van der Waals surface area contributed by atoms with Crippen molar-refractivity contribution in [2.45, 2.75) is 13.5 Å². The smallest absolute Gasteiger partial charge is 0.335 e. The van der Waals surface area contributed by atoms with Gasteiger partial charge in [-0.1, -0.05) is 46.9 Å². The van der Waals surface area contributed by atoms with E-state index in [0.29, 0.717) is 33.2 Å². The highest BCUT2D eigenvalue weighted by molar-refractivity contribution is 9.10. The highest BCUT2D eigenvalue weighted by Crippen LogP contribution is 2.38. The molecule has 11 heteroatoms. The lowest BCUT2D eigenvalue weighted by Crippen LogP contribution is -2.54. The molecule has 1 N–H and O–H groups in total. The van der Waals surface area contributed by atoms with Gasteiger partial charge in [0.2, 0.25) is 0 Å². The third-order valence-corrected chi connectivity index (χ3v) is 6.74. The molecule has 0 radical (unpaired) electrons. The lowest BCUT2D eigenvalue weighted by molar-refractivity contribution is -0.122. The van der Waals surface area contributed by atoms with Gasteiger partial charge in [0.15, 0.2) is 11.5 Å². The number of imide groups is 2. The molecule has 37 heavy (non-hydrogen) atoms. The highest BCUT2D eigenvalue weighted by atomic mass is 79.9. The number of ether oxygens (including phenoxy) is 2. The van der Waals surface area contributed by atoms with Crippen molar-refractivity contribution in [2.75, 3.05) is 11.5 Å². The number of urea groups is 1. The lowest BCUT2D eigenvalue weighted by atomic mass is 10.1. The maximum Gasteiger partial charge on any atom is 0.335 e. The molecule has 1 heterocycles. The fourth-order valence-corrected chi connectivity index (χ4v) is 4.62. The van der Waals surface area contributed by atoms with Crippen LogP contribution in [0.4, 0.5) is 10.5 Å². The molecule has 7 nitrogen and oxygen atoms in total. The number of nitrogens with one attached hydrogen (secondary N) is 1. The first-order chi connectivity index (χ1) is 17.7. The van der Waals surface area contributed by atoms with Crippen molar-refractivity contribution in [1.29, 1.82) is 0 Å². The Morgan fingerprint density at radius 3 is 2.46 bits per heavy atom. The summed E-state index contributed by atoms with van der Waals surface area (Å²) in [5, 5.41) is 3.18. The Balaban J connectivity index is 1.67. The predicted octanol–water partition coefficient (Wildman–Crippen LogP) is 7.05. The minimum Gasteiger partial charge on any atom is -0.490 e. The normalized spacial score (nSPS) is 14.7. The third kappa shape index (κ3) is 6.10. The summed E-state index contributed by atoms with van der Waals surface area (Å²) in [6, 6.07) is 14.0. The van der Waals surface area contributed by atoms with Crippen LogP contribution >= 0.6 is 50.7 Å². The van der Waals surface area contributed by atoms with Gasteiger partial charge in [-0.15, -0.1) is 0 Å². The summed E-state index contributed by atoms with van der Waals surface area (Å²) < 4.78 is 12.3. The number of rotatable bonds is 7. The molecule has 4 amide bonds. The van der Waals surface area contributed by atoms with Crippen molar-refractivity contribution in [3.8, 4) is 11.5 Å². The molecule has 0 bridgehead atoms. The molecule has 1 aliphatic rings. The molecule has 1 saturated heterocycles. The van der Waals surface area contributed by atoms with Gasteiger partial charge in [0.1, 0.15) is 12.2 Å². The third-order valence-electron chi connectivity index (χ3n) is 5.18. The molecular formula is C26H18BrCl3N2O5. The van der Waals surface area contributed by atoms with Crippen molar-refractivity contribution in [3.63, 3.8) is 0 Å². The van der Waals surface area contributed by atoms with Gasteiger partial charge in [-0.25, -0.2) is 9.69 Å². The van der Waals surface area contributed by atoms with E-state index < -0.39 is 17.8 Å². The Morgan fingerprint density at radius 1 is 0.973 bits per heavy atom. The van der Waals surface area contributed by atoms with Gasteiger partial charge in [0.05, 0.1) is 26.8 Å². The van der Waals surface area contributed by atoms with Crippen LogP contribution in [0.1, 0.15) is 18.1 Å². The van der Waals surface area contributed by atoms with Gasteiger partial charge >= 0.3 is 6.03 Å². The second-order valence-electron chi connectivity index (χ2n) is 7.74. The van der Waals surface area contributed by atoms with Crippen LogP contribution in [0.2, 0.25) is 15.1 Å². The van der Waals surface area contributed by atoms with E-state index in [0.717, 1.165) is 10.5 Å². The maximum atomic E-state index is 13.2. The molecule has 0 aromatic heterocycles. The summed E-state index contributed by atoms with van der Waals surface area (Å²) in [5.41, 5.74) is 1.24. The maximum absolute atomic E-state index is 13.2. The molecule has 3 aromatic rings. The van der Waals surface area contributed by atoms with Gasteiger partial charge in [0.25, 0.3) is 11.8 Å². The number of amides is 4. The number of nitrogens with zero attached hydrogens (tertiary/aromatic N) is 1. The average Bonchev–Trinajstić information content (AvgIpc) is 2.83. The van der Waals surface area contributed by atoms with E-state index in [4.69, 9.17) is 44.3 Å². The molecule has 4 rings (SSSR count). The van der Waals surface area contributed by atoms with E-state index >= 15 is 0 Å². The summed E-state index contributed by atoms with van der Waals surface area (Å²) in [7, 11) is 0. The van der Waals surface area contributed by atoms with Crippen LogP contribution in [0.25, 0.3) is 6.08 Å². The first-order valence-corrected chi connectivity index (χ1v) is 12.8. The summed E-state index contributed by atoms with van der Waals surface area (Å²) in [6.07, 6.45) is 1.36. The van der Waals surface area contributed by atoms with Crippen LogP contribution < -0.4 is 19.7 Å². The molecule has 1 aliphatic heterocycles. The van der Waals surface area contributed by atoms with Gasteiger partial charge < -0.3 is 9.47 Å². The molecule has 190 valence electrons. The Labute approximate surface area is 236 Å². The number of halogens is 4. The van der Waals surface area contributed by atoms with Crippen molar-refractivity contribution >= 4 is 80.3 Å². The van der Waals surface area contributed by atoms with Crippen LogP contribution in [0, 0.1) is 0 Å². The Morgan fingerprint density at radius 2 is 1.76 bits per heavy atom. The topological polar surface area (TPSA) is 84.9 Å². The molecule has 3 aromatic carbocycles. The predicted molar refractivity (Wildman–Crippen MR) is 147 cm³/mol. The number of carbonyl (C=O) groups excluding carboxylic acids is 3. The fourth-order valence-electron chi connectivity index (χ4n) is 3.54. The van der Waals surface area contributed by atoms with Gasteiger partial charge in [-0.2, -0.15) is 0 Å². The Kier molecular flexibility index (Phi) is 8.44. The van der Waals surface area contributed by atoms with Crippen LogP contribution in [-0.2, 0) is 16.2 Å². The number of hydrogen-bond donors (Lipinski definition) is 1. The molecule has 1 fully saturated rings. The number of barbiturate groups is 1. The number of hydrogen-bond acceptors (Lipinski definition) is 5. The largest absolute Gasteiger partial charge is 0.490 e. The first-order valence-electron chi connectivity index (χ1n) is 10.9. The average molecular weight is 625 g/mol. The number of carbonyl (C=O) groups is 3. The molecule has 0 saturated carbocycles. The summed E-state index contributed by atoms with van der Waals surface area (Å²) in [4.78, 5) is 39.1. The van der Waals surface area contributed by atoms with E-state index in [9.17, 15) is 14.4 Å². The van der Waals surface area contributed by atoms with Crippen LogP contribution in [-0.4, -0.2) is 24.5 Å². The van der Waals surface area contributed by atoms with Crippen molar-refractivity contribution in [3.05, 3.63) is 90.8 Å². The zero-order valence-electron chi connectivity index (χ0n) is 19.2. The molecule has 0 atom stereocenters. The van der Waals surface area contributed by atoms with Gasteiger partial charge in [-0.3, -0.25) is 14.9 Å². The molecule has 0 aliphatic carbocycles. The van der Waals surface area contributed by atoms with Crippen LogP contribution in [0.5, 0.6) is 11.5 Å². The van der Waals surface area contributed by atoms with Crippen molar-refractivity contribution in [1.82, 2.24) is 5.32 Å². The molecular weight excluding hydrogens is 607 g/mol. The summed E-state index contributed by atoms with van der Waals surface area (Å²) in [5.74, 6) is -0.813. The first kappa shape index (κ1) is 27.0. The minimum absolute atomic E-state index is 0.154. The van der Waals surface area contributed by atoms with E-state index in [-0.39, 0.29) is 27.9 Å². The summed E-state index contributed by atoms with van der Waals surface area (Å²) in [6.45, 7) is 2.40. The van der Waals surface area contributed by atoms with E-state index in [1.807, 2.05) is 19.1 Å². The van der Waals surface area contributed by atoms with E-state index in [1.165, 1.54) is 24.3 Å². The lowest BCUT2D eigenvalue weighted by Gasteiger charge is -2.26.